The summed E-state index contributed by atoms with van der Waals surface area (Å²) < 4.78 is 0. The summed E-state index contributed by atoms with van der Waals surface area (Å²) in [5.41, 5.74) is 15.8. The molecule has 0 saturated heterocycles. The van der Waals surface area contributed by atoms with Crippen molar-refractivity contribution in [2.75, 3.05) is 13.1 Å². The minimum absolute atomic E-state index is 0.0110. The van der Waals surface area contributed by atoms with Crippen LogP contribution in [0.2, 0.25) is 0 Å². The van der Waals surface area contributed by atoms with E-state index in [2.05, 4.69) is 36.0 Å². The highest BCUT2D eigenvalue weighted by Crippen LogP contribution is 2.17. The molecule has 0 unspecified atom stereocenters. The van der Waals surface area contributed by atoms with Crippen LogP contribution in [0.1, 0.15) is 44.2 Å². The standard InChI is InChI=1S/C22H31N5O/c1-4-10-27(11-5-2)22(28)18-12-19(20(14-23)26-21(24)13-18)25-15-17-8-6-16(3)7-9-17/h6-9,12,14H,4-5,10-11,13,15,23H2,1-3H3,(H2,24,26). The molecule has 0 radical (unpaired) electrons. The number of hydrogen-bond donors (Lipinski definition) is 2. The molecule has 1 aromatic rings. The van der Waals surface area contributed by atoms with Crippen LogP contribution in [-0.4, -0.2) is 35.4 Å². The van der Waals surface area contributed by atoms with E-state index < -0.39 is 0 Å². The van der Waals surface area contributed by atoms with E-state index in [-0.39, 0.29) is 5.91 Å². The summed E-state index contributed by atoms with van der Waals surface area (Å²) in [4.78, 5) is 24.0. The molecule has 0 aliphatic carbocycles. The van der Waals surface area contributed by atoms with Crippen LogP contribution in [0.4, 0.5) is 0 Å². The van der Waals surface area contributed by atoms with Gasteiger partial charge in [-0.15, -0.1) is 0 Å². The molecule has 2 rings (SSSR count). The predicted octanol–water partition coefficient (Wildman–Crippen LogP) is 3.07. The Hall–Kier alpha value is -2.89. The first-order valence-corrected chi connectivity index (χ1v) is 9.83. The van der Waals surface area contributed by atoms with E-state index in [0.717, 1.165) is 31.5 Å². The van der Waals surface area contributed by atoms with Crippen molar-refractivity contribution in [1.82, 2.24) is 4.90 Å². The second-order valence-electron chi connectivity index (χ2n) is 6.98. The fraction of sp³-hybridized carbons (Fsp3) is 0.409. The quantitative estimate of drug-likeness (QED) is 0.759. The molecule has 28 heavy (non-hydrogen) atoms. The lowest BCUT2D eigenvalue weighted by Crippen LogP contribution is -2.34. The van der Waals surface area contributed by atoms with Crippen LogP contribution in [0.15, 0.2) is 57.8 Å². The lowest BCUT2D eigenvalue weighted by molar-refractivity contribution is -0.127. The molecule has 6 heteroatoms. The summed E-state index contributed by atoms with van der Waals surface area (Å²) in [6.07, 6.45) is 5.29. The van der Waals surface area contributed by atoms with Crippen LogP contribution in [-0.2, 0) is 11.3 Å². The number of amidine groups is 1. The van der Waals surface area contributed by atoms with E-state index in [9.17, 15) is 4.79 Å². The third-order valence-corrected chi connectivity index (χ3v) is 4.47. The van der Waals surface area contributed by atoms with E-state index in [1.54, 1.807) is 6.08 Å². The van der Waals surface area contributed by atoms with Gasteiger partial charge >= 0.3 is 0 Å². The van der Waals surface area contributed by atoms with Crippen LogP contribution in [0.3, 0.4) is 0 Å². The highest BCUT2D eigenvalue weighted by Gasteiger charge is 2.22. The fourth-order valence-corrected chi connectivity index (χ4v) is 3.05. The first kappa shape index (κ1) is 21.4. The van der Waals surface area contributed by atoms with Gasteiger partial charge in [-0.1, -0.05) is 43.7 Å². The smallest absolute Gasteiger partial charge is 0.250 e. The van der Waals surface area contributed by atoms with Gasteiger partial charge in [0.1, 0.15) is 11.5 Å². The number of nitrogens with zero attached hydrogens (tertiary/aromatic N) is 3. The molecule has 1 amide bonds. The summed E-state index contributed by atoms with van der Waals surface area (Å²) in [5, 5.41) is 0. The number of nitrogens with two attached hydrogens (primary N) is 2. The van der Waals surface area contributed by atoms with Gasteiger partial charge in [-0.2, -0.15) is 0 Å². The normalized spacial score (nSPS) is 17.2. The minimum Gasteiger partial charge on any atom is -0.403 e. The maximum atomic E-state index is 13.1. The average Bonchev–Trinajstić information content (AvgIpc) is 2.85. The van der Waals surface area contributed by atoms with Crippen LogP contribution in [0.25, 0.3) is 0 Å². The highest BCUT2D eigenvalue weighted by molar-refractivity contribution is 6.16. The second-order valence-corrected chi connectivity index (χ2v) is 6.98. The number of rotatable bonds is 7. The number of carbonyl (C=O) groups is 1. The van der Waals surface area contributed by atoms with Gasteiger partial charge in [-0.25, -0.2) is 4.99 Å². The summed E-state index contributed by atoms with van der Waals surface area (Å²) in [5.74, 6) is 0.355. The molecular weight excluding hydrogens is 350 g/mol. The first-order chi connectivity index (χ1) is 13.5. The molecule has 0 fully saturated rings. The molecule has 4 N–H and O–H groups in total. The molecule has 0 atom stereocenters. The average molecular weight is 382 g/mol. The second kappa shape index (κ2) is 10.4. The molecule has 0 saturated carbocycles. The van der Waals surface area contributed by atoms with E-state index >= 15 is 0 Å². The largest absolute Gasteiger partial charge is 0.403 e. The zero-order valence-electron chi connectivity index (χ0n) is 17.1. The molecule has 0 spiro atoms. The summed E-state index contributed by atoms with van der Waals surface area (Å²) in [7, 11) is 0. The Labute approximate surface area is 167 Å². The van der Waals surface area contributed by atoms with Crippen LogP contribution in [0.5, 0.6) is 0 Å². The zero-order chi connectivity index (χ0) is 20.5. The van der Waals surface area contributed by atoms with Crippen LogP contribution >= 0.6 is 0 Å². The Bertz CT molecular complexity index is 797. The Balaban J connectivity index is 2.36. The van der Waals surface area contributed by atoms with E-state index in [4.69, 9.17) is 11.5 Å². The van der Waals surface area contributed by atoms with Crippen molar-refractivity contribution in [2.24, 2.45) is 21.5 Å². The molecule has 6 nitrogen and oxygen atoms in total. The Morgan fingerprint density at radius 2 is 1.86 bits per heavy atom. The molecule has 0 aromatic heterocycles. The number of hydrogen-bond acceptors (Lipinski definition) is 5. The lowest BCUT2D eigenvalue weighted by atomic mass is 10.1. The van der Waals surface area contributed by atoms with Crippen molar-refractivity contribution >= 4 is 17.5 Å². The topological polar surface area (TPSA) is 97.1 Å². The maximum absolute atomic E-state index is 13.1. The van der Waals surface area contributed by atoms with Gasteiger partial charge in [-0.05, 0) is 31.4 Å². The number of aryl methyl sites for hydroxylation is 1. The van der Waals surface area contributed by atoms with Gasteiger partial charge in [0, 0.05) is 31.3 Å². The highest BCUT2D eigenvalue weighted by atomic mass is 16.2. The van der Waals surface area contributed by atoms with Gasteiger partial charge in [0.15, 0.2) is 0 Å². The molecule has 1 aromatic carbocycles. The third kappa shape index (κ3) is 5.81. The van der Waals surface area contributed by atoms with Crippen molar-refractivity contribution in [2.45, 2.75) is 46.6 Å². The van der Waals surface area contributed by atoms with Crippen LogP contribution in [0, 0.1) is 6.92 Å². The third-order valence-electron chi connectivity index (χ3n) is 4.47. The van der Waals surface area contributed by atoms with E-state index in [1.807, 2.05) is 24.0 Å². The van der Waals surface area contributed by atoms with Crippen LogP contribution < -0.4 is 11.5 Å². The summed E-state index contributed by atoms with van der Waals surface area (Å²) in [6.45, 7) is 8.10. The molecule has 0 bridgehead atoms. The number of aliphatic imine (C=N–C) groups is 2. The van der Waals surface area contributed by atoms with Crippen molar-refractivity contribution in [3.63, 3.8) is 0 Å². The first-order valence-electron chi connectivity index (χ1n) is 9.83. The minimum atomic E-state index is -0.0110. The maximum Gasteiger partial charge on any atom is 0.250 e. The van der Waals surface area contributed by atoms with Gasteiger partial charge in [-0.3, -0.25) is 9.79 Å². The van der Waals surface area contributed by atoms with Crippen molar-refractivity contribution in [1.29, 1.82) is 0 Å². The van der Waals surface area contributed by atoms with Gasteiger partial charge < -0.3 is 16.4 Å². The Morgan fingerprint density at radius 1 is 1.21 bits per heavy atom. The molecule has 1 heterocycles. The number of allylic oxidation sites excluding steroid dienone is 1. The number of carbonyl (C=O) groups excluding carboxylic acids is 1. The van der Waals surface area contributed by atoms with E-state index in [1.165, 1.54) is 11.8 Å². The van der Waals surface area contributed by atoms with Crippen molar-refractivity contribution < 1.29 is 4.79 Å². The summed E-state index contributed by atoms with van der Waals surface area (Å²) in [6, 6.07) is 8.19. The zero-order valence-corrected chi connectivity index (χ0v) is 17.1. The lowest BCUT2D eigenvalue weighted by Gasteiger charge is -2.22. The Morgan fingerprint density at radius 3 is 2.43 bits per heavy atom. The van der Waals surface area contributed by atoms with Gasteiger partial charge in [0.25, 0.3) is 0 Å². The predicted molar refractivity (Wildman–Crippen MR) is 116 cm³/mol. The van der Waals surface area contributed by atoms with Crippen molar-refractivity contribution in [3.05, 3.63) is 58.9 Å². The SMILES string of the molecule is CCCN(CCC)C(=O)C1=CC(=NCc2ccc(C)cc2)C(=CN)N=C(N)C1. The van der Waals surface area contributed by atoms with E-state index in [0.29, 0.717) is 35.8 Å². The Kier molecular flexibility index (Phi) is 7.99. The fourth-order valence-electron chi connectivity index (χ4n) is 3.05. The molecular formula is C22H31N5O. The van der Waals surface area contributed by atoms with Gasteiger partial charge in [0.2, 0.25) is 5.91 Å². The van der Waals surface area contributed by atoms with Crippen molar-refractivity contribution in [3.8, 4) is 0 Å². The summed E-state index contributed by atoms with van der Waals surface area (Å²) >= 11 is 0. The molecule has 1 aliphatic heterocycles. The monoisotopic (exact) mass is 381 g/mol. The number of amides is 1. The number of benzene rings is 1. The molecule has 150 valence electrons. The molecule has 1 aliphatic rings. The van der Waals surface area contributed by atoms with Gasteiger partial charge in [0.05, 0.1) is 12.3 Å².